The number of nitrogens with one attached hydrogen (secondary N) is 1. The highest BCUT2D eigenvalue weighted by Gasteiger charge is 2.17. The van der Waals surface area contributed by atoms with E-state index in [0.717, 1.165) is 25.2 Å². The van der Waals surface area contributed by atoms with Crippen molar-refractivity contribution in [3.63, 3.8) is 0 Å². The molecule has 120 valence electrons. The molecule has 3 N–H and O–H groups in total. The summed E-state index contributed by atoms with van der Waals surface area (Å²) in [5.74, 6) is 0.731. The summed E-state index contributed by atoms with van der Waals surface area (Å²) in [5.41, 5.74) is 5.99. The second kappa shape index (κ2) is 8.61. The lowest BCUT2D eigenvalue weighted by atomic mass is 10.0. The van der Waals surface area contributed by atoms with Gasteiger partial charge in [0.15, 0.2) is 0 Å². The number of nitrogens with two attached hydrogens (primary N) is 1. The minimum Gasteiger partial charge on any atom is -0.399 e. The van der Waals surface area contributed by atoms with Crippen LogP contribution in [0.5, 0.6) is 0 Å². The first-order chi connectivity index (χ1) is 9.83. The summed E-state index contributed by atoms with van der Waals surface area (Å²) in [5, 5.41) is 0.189. The Kier molecular flexibility index (Phi) is 7.49. The predicted molar refractivity (Wildman–Crippen MR) is 89.0 cm³/mol. The SMILES string of the molecule is CC(C)CCCCCCNS(=O)(=O)c1cc(N)ccc1Cl. The monoisotopic (exact) mass is 332 g/mol. The first kappa shape index (κ1) is 18.3. The summed E-state index contributed by atoms with van der Waals surface area (Å²) in [6.45, 7) is 4.85. The first-order valence-electron chi connectivity index (χ1n) is 7.37. The molecule has 1 rings (SSSR count). The van der Waals surface area contributed by atoms with Crippen molar-refractivity contribution in [2.24, 2.45) is 5.92 Å². The third-order valence-corrected chi connectivity index (χ3v) is 5.19. The van der Waals surface area contributed by atoms with E-state index in [9.17, 15) is 8.42 Å². The van der Waals surface area contributed by atoms with Crippen LogP contribution in [0, 0.1) is 5.92 Å². The predicted octanol–water partition coefficient (Wildman–Crippen LogP) is 3.81. The summed E-state index contributed by atoms with van der Waals surface area (Å²) in [6, 6.07) is 4.46. The fourth-order valence-electron chi connectivity index (χ4n) is 2.04. The molecule has 0 aliphatic carbocycles. The summed E-state index contributed by atoms with van der Waals surface area (Å²) in [4.78, 5) is 0.0453. The number of anilines is 1. The van der Waals surface area contributed by atoms with Crippen molar-refractivity contribution in [3.05, 3.63) is 23.2 Å². The Hall–Kier alpha value is -0.780. The smallest absolute Gasteiger partial charge is 0.242 e. The molecule has 21 heavy (non-hydrogen) atoms. The number of halogens is 1. The van der Waals surface area contributed by atoms with Gasteiger partial charge in [0.25, 0.3) is 0 Å². The normalized spacial score (nSPS) is 12.0. The maximum atomic E-state index is 12.1. The topological polar surface area (TPSA) is 72.2 Å². The van der Waals surface area contributed by atoms with Gasteiger partial charge in [-0.1, -0.05) is 51.1 Å². The van der Waals surface area contributed by atoms with Crippen LogP contribution in [0.1, 0.15) is 46.0 Å². The molecule has 0 radical (unpaired) electrons. The molecule has 0 aliphatic heterocycles. The molecule has 0 aliphatic rings. The number of benzene rings is 1. The zero-order chi connectivity index (χ0) is 15.9. The largest absolute Gasteiger partial charge is 0.399 e. The number of hydrogen-bond acceptors (Lipinski definition) is 3. The lowest BCUT2D eigenvalue weighted by Crippen LogP contribution is -2.25. The first-order valence-corrected chi connectivity index (χ1v) is 9.23. The third-order valence-electron chi connectivity index (χ3n) is 3.25. The molecule has 0 spiro atoms. The minimum absolute atomic E-state index is 0.0453. The van der Waals surface area contributed by atoms with Crippen LogP contribution in [0.25, 0.3) is 0 Å². The summed E-state index contributed by atoms with van der Waals surface area (Å²) >= 11 is 5.92. The molecule has 1 aromatic rings. The Morgan fingerprint density at radius 2 is 1.86 bits per heavy atom. The number of rotatable bonds is 9. The molecule has 0 atom stereocenters. The van der Waals surface area contributed by atoms with Gasteiger partial charge in [0.2, 0.25) is 10.0 Å². The van der Waals surface area contributed by atoms with Crippen molar-refractivity contribution in [2.75, 3.05) is 12.3 Å². The van der Waals surface area contributed by atoms with E-state index >= 15 is 0 Å². The number of sulfonamides is 1. The van der Waals surface area contributed by atoms with Gasteiger partial charge < -0.3 is 5.73 Å². The van der Waals surface area contributed by atoms with Gasteiger partial charge in [-0.3, -0.25) is 0 Å². The Labute approximate surface area is 133 Å². The quantitative estimate of drug-likeness (QED) is 0.533. The highest BCUT2D eigenvalue weighted by molar-refractivity contribution is 7.89. The standard InChI is InChI=1S/C15H25ClN2O2S/c1-12(2)7-5-3-4-6-10-18-21(19,20)15-11-13(17)8-9-14(15)16/h8-9,11-12,18H,3-7,10,17H2,1-2H3. The van der Waals surface area contributed by atoms with Crippen LogP contribution in [0.15, 0.2) is 23.1 Å². The molecular weight excluding hydrogens is 308 g/mol. The van der Waals surface area contributed by atoms with Crippen LogP contribution in [0.2, 0.25) is 5.02 Å². The van der Waals surface area contributed by atoms with Crippen LogP contribution in [0.3, 0.4) is 0 Å². The molecule has 0 saturated carbocycles. The van der Waals surface area contributed by atoms with E-state index in [1.165, 1.54) is 25.0 Å². The third kappa shape index (κ3) is 6.68. The number of nitrogen functional groups attached to an aromatic ring is 1. The molecule has 0 bridgehead atoms. The van der Waals surface area contributed by atoms with Gasteiger partial charge >= 0.3 is 0 Å². The molecule has 4 nitrogen and oxygen atoms in total. The summed E-state index contributed by atoms with van der Waals surface area (Å²) in [7, 11) is -3.58. The van der Waals surface area contributed by atoms with Gasteiger partial charge in [-0.2, -0.15) is 0 Å². The minimum atomic E-state index is -3.58. The second-order valence-electron chi connectivity index (χ2n) is 5.68. The van der Waals surface area contributed by atoms with Gasteiger partial charge in [0.1, 0.15) is 4.90 Å². The lowest BCUT2D eigenvalue weighted by molar-refractivity contribution is 0.517. The Bertz CT molecular complexity index is 545. The van der Waals surface area contributed by atoms with Gasteiger partial charge in [-0.05, 0) is 30.5 Å². The van der Waals surface area contributed by atoms with Gasteiger partial charge in [-0.15, -0.1) is 0 Å². The van der Waals surface area contributed by atoms with Crippen LogP contribution in [-0.4, -0.2) is 15.0 Å². The maximum Gasteiger partial charge on any atom is 0.242 e. The van der Waals surface area contributed by atoms with Gasteiger partial charge in [0.05, 0.1) is 5.02 Å². The van der Waals surface area contributed by atoms with Crippen LogP contribution < -0.4 is 10.5 Å². The van der Waals surface area contributed by atoms with Crippen molar-refractivity contribution in [2.45, 2.75) is 50.8 Å². The van der Waals surface area contributed by atoms with E-state index in [0.29, 0.717) is 12.2 Å². The van der Waals surface area contributed by atoms with Crippen molar-refractivity contribution in [1.29, 1.82) is 0 Å². The molecule has 0 amide bonds. The molecular formula is C15H25ClN2O2S. The fourth-order valence-corrected chi connectivity index (χ4v) is 3.65. The fraction of sp³-hybridized carbons (Fsp3) is 0.600. The average Bonchev–Trinajstić information content (AvgIpc) is 2.40. The molecule has 0 fully saturated rings. The van der Waals surface area contributed by atoms with Crippen molar-refractivity contribution in [1.82, 2.24) is 4.72 Å². The molecule has 6 heteroatoms. The van der Waals surface area contributed by atoms with Crippen LogP contribution in [-0.2, 0) is 10.0 Å². The van der Waals surface area contributed by atoms with Gasteiger partial charge in [-0.25, -0.2) is 13.1 Å². The highest BCUT2D eigenvalue weighted by atomic mass is 35.5. The van der Waals surface area contributed by atoms with Crippen LogP contribution >= 0.6 is 11.6 Å². The molecule has 0 aromatic heterocycles. The Morgan fingerprint density at radius 1 is 1.19 bits per heavy atom. The highest BCUT2D eigenvalue weighted by Crippen LogP contribution is 2.23. The second-order valence-corrected chi connectivity index (χ2v) is 7.83. The lowest BCUT2D eigenvalue weighted by Gasteiger charge is -2.09. The molecule has 0 saturated heterocycles. The zero-order valence-electron chi connectivity index (χ0n) is 12.7. The van der Waals surface area contributed by atoms with Crippen molar-refractivity contribution < 1.29 is 8.42 Å². The summed E-state index contributed by atoms with van der Waals surface area (Å²) < 4.78 is 26.8. The van der Waals surface area contributed by atoms with Crippen molar-refractivity contribution in [3.8, 4) is 0 Å². The summed E-state index contributed by atoms with van der Waals surface area (Å²) in [6.07, 6.45) is 5.42. The van der Waals surface area contributed by atoms with E-state index in [1.807, 2.05) is 0 Å². The number of unbranched alkanes of at least 4 members (excludes halogenated alkanes) is 3. The van der Waals surface area contributed by atoms with E-state index in [1.54, 1.807) is 6.07 Å². The number of hydrogen-bond donors (Lipinski definition) is 2. The zero-order valence-corrected chi connectivity index (χ0v) is 14.3. The van der Waals surface area contributed by atoms with E-state index in [-0.39, 0.29) is 9.92 Å². The molecule has 0 heterocycles. The molecule has 1 aromatic carbocycles. The average molecular weight is 333 g/mol. The molecule has 0 unspecified atom stereocenters. The Balaban J connectivity index is 2.38. The Morgan fingerprint density at radius 3 is 2.52 bits per heavy atom. The van der Waals surface area contributed by atoms with E-state index < -0.39 is 10.0 Å². The van der Waals surface area contributed by atoms with Crippen molar-refractivity contribution >= 4 is 27.3 Å². The van der Waals surface area contributed by atoms with Gasteiger partial charge in [0, 0.05) is 12.2 Å². The van der Waals surface area contributed by atoms with Crippen LogP contribution in [0.4, 0.5) is 5.69 Å². The maximum absolute atomic E-state index is 12.1. The van der Waals surface area contributed by atoms with E-state index in [2.05, 4.69) is 18.6 Å². The van der Waals surface area contributed by atoms with E-state index in [4.69, 9.17) is 17.3 Å².